The Labute approximate surface area is 198 Å². The Morgan fingerprint density at radius 2 is 1.68 bits per heavy atom. The van der Waals surface area contributed by atoms with Gasteiger partial charge in [-0.05, 0) is 18.4 Å². The lowest BCUT2D eigenvalue weighted by atomic mass is 10.1. The first-order valence-electron chi connectivity index (χ1n) is 10.0. The molecule has 0 saturated heterocycles. The molecule has 1 radical (unpaired) electrons. The fraction of sp³-hybridized carbons (Fsp3) is 0.526. The van der Waals surface area contributed by atoms with Crippen LogP contribution in [0.15, 0.2) is 12.5 Å². The summed E-state index contributed by atoms with van der Waals surface area (Å²) in [5.41, 5.74) is 5.94. The molecule has 0 aliphatic rings. The molecular formula is C19H27N6O8S. The van der Waals surface area contributed by atoms with Crippen LogP contribution >= 0.6 is 11.8 Å². The lowest BCUT2D eigenvalue weighted by Gasteiger charge is -2.24. The normalized spacial score (nSPS) is 14.2. The maximum atomic E-state index is 12.9. The van der Waals surface area contributed by atoms with Crippen molar-refractivity contribution < 1.29 is 39.0 Å². The lowest BCUT2D eigenvalue weighted by molar-refractivity contribution is -0.140. The van der Waals surface area contributed by atoms with Crippen molar-refractivity contribution in [3.05, 3.63) is 18.2 Å². The molecule has 1 heterocycles. The highest BCUT2D eigenvalue weighted by Crippen LogP contribution is 2.06. The van der Waals surface area contributed by atoms with Crippen LogP contribution < -0.4 is 21.7 Å². The Bertz CT molecular complexity index is 865. The number of carboxylic acids is 2. The van der Waals surface area contributed by atoms with Gasteiger partial charge in [-0.25, -0.2) is 4.98 Å². The number of amides is 3. The SMILES string of the molecule is CSCC[C@H](NC(=O)[C@@H](N)CC(=O)O)C(=O)N[C@@H](Cc1c[nH]cn1)C(=O)N[C@H]([C]=O)CC(=O)O. The quantitative estimate of drug-likeness (QED) is 0.126. The zero-order valence-electron chi connectivity index (χ0n) is 18.3. The number of carbonyl (C=O) groups excluding carboxylic acids is 4. The summed E-state index contributed by atoms with van der Waals surface area (Å²) in [6.45, 7) is 0. The standard InChI is InChI=1S/C19H27N6O8S/c1-34-3-2-13(24-17(31)12(20)6-16(29)30)18(32)25-14(4-10-7-21-9-22-10)19(33)23-11(8-26)5-15(27)28/h7,9,11-14H,2-6,20H2,1H3,(H,21,22)(H,23,33)(H,24,31)(H,25,32)(H,27,28)(H,29,30)/t11-,12-,13-,14-/m0/s1. The van der Waals surface area contributed by atoms with E-state index < -0.39 is 66.7 Å². The number of aliphatic carboxylic acids is 2. The largest absolute Gasteiger partial charge is 0.481 e. The van der Waals surface area contributed by atoms with Crippen molar-refractivity contribution in [1.82, 2.24) is 25.9 Å². The highest BCUT2D eigenvalue weighted by molar-refractivity contribution is 7.98. The fourth-order valence-corrected chi connectivity index (χ4v) is 3.20. The number of rotatable bonds is 16. The summed E-state index contributed by atoms with van der Waals surface area (Å²) in [4.78, 5) is 77.3. The molecule has 1 aromatic heterocycles. The number of H-pyrrole nitrogens is 1. The molecule has 0 aliphatic carbocycles. The number of nitrogens with one attached hydrogen (secondary N) is 4. The summed E-state index contributed by atoms with van der Waals surface area (Å²) in [5.74, 6) is -4.64. The van der Waals surface area contributed by atoms with Crippen LogP contribution in [0.2, 0.25) is 0 Å². The van der Waals surface area contributed by atoms with Crippen LogP contribution in [0.4, 0.5) is 0 Å². The molecule has 0 spiro atoms. The van der Waals surface area contributed by atoms with Gasteiger partial charge < -0.3 is 36.9 Å². The third-order valence-electron chi connectivity index (χ3n) is 4.41. The topological polar surface area (TPSA) is 234 Å². The van der Waals surface area contributed by atoms with Gasteiger partial charge in [0.15, 0.2) is 0 Å². The molecule has 8 N–H and O–H groups in total. The molecule has 0 saturated carbocycles. The minimum Gasteiger partial charge on any atom is -0.481 e. The van der Waals surface area contributed by atoms with E-state index in [0.29, 0.717) is 11.4 Å². The number of carboxylic acid groups (broad SMARTS) is 2. The molecule has 4 atom stereocenters. The second-order valence-corrected chi connectivity index (χ2v) is 8.14. The molecule has 15 heteroatoms. The van der Waals surface area contributed by atoms with Crippen molar-refractivity contribution in [3.8, 4) is 0 Å². The Hall–Kier alpha value is -3.46. The van der Waals surface area contributed by atoms with E-state index in [4.69, 9.17) is 15.9 Å². The van der Waals surface area contributed by atoms with Gasteiger partial charge in [0.25, 0.3) is 0 Å². The van der Waals surface area contributed by atoms with Gasteiger partial charge in [0, 0.05) is 12.6 Å². The Balaban J connectivity index is 3.00. The van der Waals surface area contributed by atoms with Gasteiger partial charge in [-0.3, -0.25) is 28.8 Å². The van der Waals surface area contributed by atoms with Gasteiger partial charge >= 0.3 is 11.9 Å². The summed E-state index contributed by atoms with van der Waals surface area (Å²) in [6, 6.07) is -5.24. The number of hydrogen-bond donors (Lipinski definition) is 7. The van der Waals surface area contributed by atoms with Crippen molar-refractivity contribution >= 4 is 47.7 Å². The lowest BCUT2D eigenvalue weighted by Crippen LogP contribution is -2.57. The summed E-state index contributed by atoms with van der Waals surface area (Å²) >= 11 is 1.39. The van der Waals surface area contributed by atoms with E-state index in [1.54, 1.807) is 6.26 Å². The molecule has 187 valence electrons. The van der Waals surface area contributed by atoms with Crippen molar-refractivity contribution in [3.63, 3.8) is 0 Å². The minimum absolute atomic E-state index is 0.110. The van der Waals surface area contributed by atoms with E-state index in [2.05, 4.69) is 25.9 Å². The number of aromatic nitrogens is 2. The van der Waals surface area contributed by atoms with Gasteiger partial charge in [0.05, 0.1) is 30.9 Å². The second kappa shape index (κ2) is 14.6. The molecule has 0 fully saturated rings. The van der Waals surface area contributed by atoms with Crippen molar-refractivity contribution in [1.29, 1.82) is 0 Å². The molecule has 0 unspecified atom stereocenters. The van der Waals surface area contributed by atoms with Crippen molar-refractivity contribution in [2.24, 2.45) is 5.73 Å². The number of hydrogen-bond acceptors (Lipinski definition) is 9. The second-order valence-electron chi connectivity index (χ2n) is 7.15. The molecule has 3 amide bonds. The third-order valence-corrected chi connectivity index (χ3v) is 5.06. The monoisotopic (exact) mass is 499 g/mol. The highest BCUT2D eigenvalue weighted by Gasteiger charge is 2.30. The Kier molecular flexibility index (Phi) is 12.3. The molecule has 34 heavy (non-hydrogen) atoms. The molecule has 14 nitrogen and oxygen atoms in total. The van der Waals surface area contributed by atoms with Gasteiger partial charge in [0.1, 0.15) is 18.1 Å². The zero-order valence-corrected chi connectivity index (χ0v) is 19.1. The van der Waals surface area contributed by atoms with Crippen LogP contribution in [-0.4, -0.2) is 92.3 Å². The molecule has 0 aliphatic heterocycles. The maximum absolute atomic E-state index is 12.9. The first-order valence-corrected chi connectivity index (χ1v) is 11.4. The Morgan fingerprint density at radius 3 is 2.21 bits per heavy atom. The average Bonchev–Trinajstić information content (AvgIpc) is 3.27. The molecule has 1 rings (SSSR count). The zero-order chi connectivity index (χ0) is 25.7. The number of aromatic amines is 1. The van der Waals surface area contributed by atoms with Gasteiger partial charge in [-0.2, -0.15) is 11.8 Å². The summed E-state index contributed by atoms with van der Waals surface area (Å²) in [5, 5.41) is 24.7. The van der Waals surface area contributed by atoms with E-state index in [9.17, 15) is 28.8 Å². The summed E-state index contributed by atoms with van der Waals surface area (Å²) < 4.78 is 0. The summed E-state index contributed by atoms with van der Waals surface area (Å²) in [7, 11) is 0. The minimum atomic E-state index is -1.44. The average molecular weight is 500 g/mol. The molecule has 1 aromatic rings. The fourth-order valence-electron chi connectivity index (χ4n) is 2.73. The van der Waals surface area contributed by atoms with Crippen LogP contribution in [0.3, 0.4) is 0 Å². The van der Waals surface area contributed by atoms with Crippen LogP contribution in [0.5, 0.6) is 0 Å². The van der Waals surface area contributed by atoms with Crippen molar-refractivity contribution in [2.75, 3.05) is 12.0 Å². The predicted molar refractivity (Wildman–Crippen MR) is 119 cm³/mol. The highest BCUT2D eigenvalue weighted by atomic mass is 32.2. The number of carbonyl (C=O) groups is 5. The maximum Gasteiger partial charge on any atom is 0.305 e. The van der Waals surface area contributed by atoms with Crippen LogP contribution in [0.1, 0.15) is 25.0 Å². The Morgan fingerprint density at radius 1 is 1.06 bits per heavy atom. The molecular weight excluding hydrogens is 472 g/mol. The molecule has 0 aromatic carbocycles. The van der Waals surface area contributed by atoms with Crippen molar-refractivity contribution in [2.45, 2.75) is 49.9 Å². The number of nitrogens with zero attached hydrogens (tertiary/aromatic N) is 1. The smallest absolute Gasteiger partial charge is 0.305 e. The first kappa shape index (κ1) is 28.6. The van der Waals surface area contributed by atoms with Crippen LogP contribution in [0.25, 0.3) is 0 Å². The first-order chi connectivity index (χ1) is 16.1. The van der Waals surface area contributed by atoms with E-state index in [1.807, 2.05) is 0 Å². The van der Waals surface area contributed by atoms with E-state index in [0.717, 1.165) is 0 Å². The van der Waals surface area contributed by atoms with Gasteiger partial charge in [-0.1, -0.05) is 0 Å². The van der Waals surface area contributed by atoms with Crippen LogP contribution in [0, 0.1) is 0 Å². The molecule has 0 bridgehead atoms. The van der Waals surface area contributed by atoms with Crippen LogP contribution in [-0.2, 0) is 35.2 Å². The summed E-state index contributed by atoms with van der Waals surface area (Å²) in [6.07, 6.45) is 4.72. The predicted octanol–water partition coefficient (Wildman–Crippen LogP) is -2.45. The van der Waals surface area contributed by atoms with E-state index in [1.165, 1.54) is 30.6 Å². The van der Waals surface area contributed by atoms with E-state index >= 15 is 0 Å². The number of thioether (sulfide) groups is 1. The number of nitrogens with two attached hydrogens (primary N) is 1. The van der Waals surface area contributed by atoms with E-state index in [-0.39, 0.29) is 12.8 Å². The van der Waals surface area contributed by atoms with Gasteiger partial charge in [-0.15, -0.1) is 0 Å². The number of imidazole rings is 1. The third kappa shape index (κ3) is 10.4. The van der Waals surface area contributed by atoms with Gasteiger partial charge in [0.2, 0.25) is 24.0 Å².